The van der Waals surface area contributed by atoms with Crippen LogP contribution >= 0.6 is 0 Å². The first-order valence-corrected chi connectivity index (χ1v) is 4.54. The molecule has 86 valence electrons. The normalized spacial score (nSPS) is 10.4. The van der Waals surface area contributed by atoms with Crippen LogP contribution < -0.4 is 5.43 Å². The van der Waals surface area contributed by atoms with Gasteiger partial charge in [-0.15, -0.1) is 0 Å². The molecule has 0 atom stereocenters. The number of hydrogen-bond donors (Lipinski definition) is 2. The van der Waals surface area contributed by atoms with Crippen molar-refractivity contribution in [2.24, 2.45) is 0 Å². The maximum absolute atomic E-state index is 11.6. The highest BCUT2D eigenvalue weighted by atomic mass is 16.6. The largest absolute Gasteiger partial charge is 0.477 e. The van der Waals surface area contributed by atoms with Crippen LogP contribution in [0.2, 0.25) is 0 Å². The van der Waals surface area contributed by atoms with Gasteiger partial charge in [-0.1, -0.05) is 0 Å². The number of H-pyrrole nitrogens is 1. The van der Waals surface area contributed by atoms with E-state index in [-0.39, 0.29) is 22.3 Å². The number of carboxylic acids is 1. The lowest BCUT2D eigenvalue weighted by atomic mass is 10.1. The van der Waals surface area contributed by atoms with E-state index in [2.05, 4.69) is 4.98 Å². The Morgan fingerprint density at radius 3 is 2.65 bits per heavy atom. The minimum Gasteiger partial charge on any atom is -0.477 e. The van der Waals surface area contributed by atoms with Crippen LogP contribution in [0.15, 0.2) is 29.1 Å². The summed E-state index contributed by atoms with van der Waals surface area (Å²) >= 11 is 0. The third-order valence-electron chi connectivity index (χ3n) is 2.25. The van der Waals surface area contributed by atoms with E-state index in [1.54, 1.807) is 0 Å². The van der Waals surface area contributed by atoms with Crippen molar-refractivity contribution in [3.63, 3.8) is 0 Å². The van der Waals surface area contributed by atoms with Crippen molar-refractivity contribution in [2.45, 2.75) is 0 Å². The second-order valence-corrected chi connectivity index (χ2v) is 3.34. The van der Waals surface area contributed by atoms with Gasteiger partial charge in [-0.2, -0.15) is 0 Å². The number of aromatic amines is 1. The molecule has 0 unspecified atom stereocenters. The lowest BCUT2D eigenvalue weighted by Crippen LogP contribution is -2.09. The Hall–Kier alpha value is -2.70. The number of hydrogen-bond acceptors (Lipinski definition) is 4. The smallest absolute Gasteiger partial charge is 0.352 e. The van der Waals surface area contributed by atoms with Gasteiger partial charge in [0.2, 0.25) is 0 Å². The van der Waals surface area contributed by atoms with Crippen LogP contribution in [0.5, 0.6) is 0 Å². The van der Waals surface area contributed by atoms with Crippen molar-refractivity contribution in [2.75, 3.05) is 0 Å². The van der Waals surface area contributed by atoms with Crippen molar-refractivity contribution >= 4 is 22.6 Å². The molecular formula is C10H6N2O5. The van der Waals surface area contributed by atoms with Crippen LogP contribution in [0.25, 0.3) is 10.9 Å². The van der Waals surface area contributed by atoms with E-state index in [1.807, 2.05) is 0 Å². The van der Waals surface area contributed by atoms with E-state index in [4.69, 9.17) is 5.11 Å². The molecule has 17 heavy (non-hydrogen) atoms. The fourth-order valence-electron chi connectivity index (χ4n) is 1.46. The summed E-state index contributed by atoms with van der Waals surface area (Å²) in [6.07, 6.45) is 0. The molecule has 1 heterocycles. The number of nitro groups is 1. The lowest BCUT2D eigenvalue weighted by Gasteiger charge is -2.00. The molecule has 0 aliphatic rings. The highest BCUT2D eigenvalue weighted by Gasteiger charge is 2.11. The summed E-state index contributed by atoms with van der Waals surface area (Å²) in [5.41, 5.74) is -0.789. The van der Waals surface area contributed by atoms with Gasteiger partial charge < -0.3 is 10.1 Å². The van der Waals surface area contributed by atoms with E-state index in [1.165, 1.54) is 12.1 Å². The molecule has 7 nitrogen and oxygen atoms in total. The van der Waals surface area contributed by atoms with Crippen LogP contribution in [-0.4, -0.2) is 21.0 Å². The average Bonchev–Trinajstić information content (AvgIpc) is 2.28. The number of pyridine rings is 1. The monoisotopic (exact) mass is 234 g/mol. The molecule has 1 aromatic carbocycles. The van der Waals surface area contributed by atoms with Crippen LogP contribution in [0.1, 0.15) is 10.5 Å². The van der Waals surface area contributed by atoms with E-state index >= 15 is 0 Å². The molecule has 0 amide bonds. The molecule has 7 heteroatoms. The summed E-state index contributed by atoms with van der Waals surface area (Å²) in [6.45, 7) is 0. The Balaban J connectivity index is 2.77. The van der Waals surface area contributed by atoms with Gasteiger partial charge in [0.25, 0.3) is 5.69 Å². The number of benzene rings is 1. The zero-order chi connectivity index (χ0) is 12.6. The number of carbonyl (C=O) groups is 1. The van der Waals surface area contributed by atoms with Gasteiger partial charge in [0.15, 0.2) is 5.43 Å². The first-order chi connectivity index (χ1) is 7.99. The lowest BCUT2D eigenvalue weighted by molar-refractivity contribution is -0.384. The van der Waals surface area contributed by atoms with Crippen LogP contribution in [0, 0.1) is 10.1 Å². The molecule has 0 radical (unpaired) electrons. The second kappa shape index (κ2) is 3.71. The van der Waals surface area contributed by atoms with Gasteiger partial charge in [-0.3, -0.25) is 14.9 Å². The van der Waals surface area contributed by atoms with Crippen molar-refractivity contribution in [1.82, 2.24) is 4.98 Å². The predicted octanol–water partition coefficient (Wildman–Crippen LogP) is 1.13. The molecule has 2 aromatic rings. The number of nitrogens with zero attached hydrogens (tertiary/aromatic N) is 1. The van der Waals surface area contributed by atoms with E-state index in [0.717, 1.165) is 12.1 Å². The minimum absolute atomic E-state index is 0.0872. The molecule has 0 aliphatic carbocycles. The van der Waals surface area contributed by atoms with Gasteiger partial charge in [0, 0.05) is 18.2 Å². The second-order valence-electron chi connectivity index (χ2n) is 3.34. The summed E-state index contributed by atoms with van der Waals surface area (Å²) in [5.74, 6) is -1.26. The number of rotatable bonds is 2. The highest BCUT2D eigenvalue weighted by molar-refractivity contribution is 5.90. The van der Waals surface area contributed by atoms with Crippen molar-refractivity contribution < 1.29 is 14.8 Å². The Morgan fingerprint density at radius 1 is 1.35 bits per heavy atom. The van der Waals surface area contributed by atoms with Gasteiger partial charge in [0.05, 0.1) is 15.8 Å². The van der Waals surface area contributed by atoms with Crippen molar-refractivity contribution in [3.05, 3.63) is 50.3 Å². The number of aromatic nitrogens is 1. The number of non-ortho nitro benzene ring substituents is 1. The molecule has 0 saturated carbocycles. The molecule has 1 aromatic heterocycles. The fourth-order valence-corrected chi connectivity index (χ4v) is 1.46. The highest BCUT2D eigenvalue weighted by Crippen LogP contribution is 2.16. The van der Waals surface area contributed by atoms with Gasteiger partial charge >= 0.3 is 5.97 Å². The molecular weight excluding hydrogens is 228 g/mol. The van der Waals surface area contributed by atoms with E-state index in [0.29, 0.717) is 0 Å². The molecule has 0 bridgehead atoms. The number of nitrogens with one attached hydrogen (secondary N) is 1. The summed E-state index contributed by atoms with van der Waals surface area (Å²) in [4.78, 5) is 34.7. The zero-order valence-corrected chi connectivity index (χ0v) is 8.34. The average molecular weight is 234 g/mol. The topological polar surface area (TPSA) is 113 Å². The fraction of sp³-hybridized carbons (Fsp3) is 0. The van der Waals surface area contributed by atoms with E-state index in [9.17, 15) is 19.7 Å². The third kappa shape index (κ3) is 1.85. The Morgan fingerprint density at radius 2 is 2.06 bits per heavy atom. The van der Waals surface area contributed by atoms with Gasteiger partial charge in [-0.05, 0) is 6.07 Å². The summed E-state index contributed by atoms with van der Waals surface area (Å²) in [6, 6.07) is 4.51. The van der Waals surface area contributed by atoms with Crippen LogP contribution in [0.3, 0.4) is 0 Å². The summed E-state index contributed by atoms with van der Waals surface area (Å²) < 4.78 is 0. The van der Waals surface area contributed by atoms with Crippen molar-refractivity contribution in [1.29, 1.82) is 0 Å². The van der Waals surface area contributed by atoms with Crippen LogP contribution in [-0.2, 0) is 0 Å². The van der Waals surface area contributed by atoms with E-state index < -0.39 is 16.3 Å². The third-order valence-corrected chi connectivity index (χ3v) is 2.25. The standard InChI is InChI=1S/C10H6N2O5/c13-9-4-8(10(14)15)11-7-2-1-5(12(16)17)3-6(7)9/h1-4H,(H,11,13)(H,14,15). The molecule has 0 aliphatic heterocycles. The quantitative estimate of drug-likeness (QED) is 0.597. The first-order valence-electron chi connectivity index (χ1n) is 4.54. The number of nitro benzene ring substituents is 1. The van der Waals surface area contributed by atoms with Gasteiger partial charge in [0.1, 0.15) is 5.69 Å². The minimum atomic E-state index is -1.26. The molecule has 0 spiro atoms. The number of fused-ring (bicyclic) bond motifs is 1. The maximum atomic E-state index is 11.6. The predicted molar refractivity (Wildman–Crippen MR) is 58.2 cm³/mol. The number of carboxylic acid groups (broad SMARTS) is 1. The Bertz CT molecular complexity index is 689. The number of aromatic carboxylic acids is 1. The summed E-state index contributed by atoms with van der Waals surface area (Å²) in [7, 11) is 0. The first kappa shape index (κ1) is 10.8. The Labute approximate surface area is 93.5 Å². The zero-order valence-electron chi connectivity index (χ0n) is 8.34. The molecule has 2 N–H and O–H groups in total. The van der Waals surface area contributed by atoms with Crippen molar-refractivity contribution in [3.8, 4) is 0 Å². The van der Waals surface area contributed by atoms with Gasteiger partial charge in [-0.25, -0.2) is 4.79 Å². The Kier molecular flexibility index (Phi) is 2.36. The summed E-state index contributed by atoms with van der Waals surface area (Å²) in [5, 5.41) is 19.4. The molecule has 2 rings (SSSR count). The SMILES string of the molecule is O=C(O)c1cc(=O)c2cc([N+](=O)[O-])ccc2[nH]1. The molecule has 0 saturated heterocycles. The van der Waals surface area contributed by atoms with Crippen LogP contribution in [0.4, 0.5) is 5.69 Å². The maximum Gasteiger partial charge on any atom is 0.352 e. The molecule has 0 fully saturated rings.